The smallest absolute Gasteiger partial charge is 0.146 e. The van der Waals surface area contributed by atoms with Gasteiger partial charge in [0.25, 0.3) is 0 Å². The van der Waals surface area contributed by atoms with Crippen molar-refractivity contribution in [1.29, 1.82) is 0 Å². The van der Waals surface area contributed by atoms with Gasteiger partial charge in [0, 0.05) is 49.0 Å². The van der Waals surface area contributed by atoms with Crippen molar-refractivity contribution >= 4 is 0 Å². The molecule has 1 aliphatic carbocycles. The second kappa shape index (κ2) is 18.6. The van der Waals surface area contributed by atoms with E-state index in [1.165, 1.54) is 16.7 Å². The Hall–Kier alpha value is -3.56. The summed E-state index contributed by atoms with van der Waals surface area (Å²) in [4.78, 5) is 2.24. The summed E-state index contributed by atoms with van der Waals surface area (Å²) < 4.78 is 29.9. The molecule has 8 nitrogen and oxygen atoms in total. The van der Waals surface area contributed by atoms with Crippen molar-refractivity contribution in [2.24, 2.45) is 0 Å². The van der Waals surface area contributed by atoms with E-state index < -0.39 is 0 Å². The van der Waals surface area contributed by atoms with Crippen molar-refractivity contribution in [3.05, 3.63) is 107 Å². The van der Waals surface area contributed by atoms with Gasteiger partial charge >= 0.3 is 0 Å². The zero-order chi connectivity index (χ0) is 31.8. The minimum atomic E-state index is 0.0924. The molecule has 0 aromatic heterocycles. The fourth-order valence-electron chi connectivity index (χ4n) is 6.17. The molecule has 2 N–H and O–H groups in total. The average molecular weight is 630 g/mol. The van der Waals surface area contributed by atoms with E-state index in [0.29, 0.717) is 32.3 Å². The van der Waals surface area contributed by atoms with E-state index in [1.807, 2.05) is 43.8 Å². The number of nitrogens with zero attached hydrogens (tertiary/aromatic N) is 1. The summed E-state index contributed by atoms with van der Waals surface area (Å²) in [6.45, 7) is 6.20. The summed E-state index contributed by atoms with van der Waals surface area (Å²) in [6, 6.07) is 16.5. The topological polar surface area (TPSA) is 73.5 Å². The maximum absolute atomic E-state index is 6.66. The maximum atomic E-state index is 6.66. The second-order valence-corrected chi connectivity index (χ2v) is 12.0. The molecule has 0 bridgehead atoms. The average Bonchev–Trinajstić information content (AvgIpc) is 3.11. The molecule has 1 fully saturated rings. The SMILES string of the molecule is CNCCCCN1C=COC(C2=C(COC3CNCCC3c3ccc(OCCCOCc4ccccc4OC)cc3)C=CCC2)=C1. The number of rotatable bonds is 18. The third kappa shape index (κ3) is 9.97. The summed E-state index contributed by atoms with van der Waals surface area (Å²) >= 11 is 0. The first-order valence-electron chi connectivity index (χ1n) is 16.8. The van der Waals surface area contributed by atoms with Crippen molar-refractivity contribution in [2.45, 2.75) is 57.2 Å². The number of hydrogen-bond donors (Lipinski definition) is 2. The highest BCUT2D eigenvalue weighted by Gasteiger charge is 2.28. The van der Waals surface area contributed by atoms with Crippen molar-refractivity contribution in [3.8, 4) is 11.5 Å². The molecule has 1 saturated heterocycles. The van der Waals surface area contributed by atoms with Crippen molar-refractivity contribution < 1.29 is 23.7 Å². The molecular formula is C38H51N3O5. The first kappa shape index (κ1) is 33.8. The van der Waals surface area contributed by atoms with Crippen molar-refractivity contribution in [3.63, 3.8) is 0 Å². The zero-order valence-electron chi connectivity index (χ0n) is 27.5. The monoisotopic (exact) mass is 629 g/mol. The molecule has 46 heavy (non-hydrogen) atoms. The Labute approximate surface area is 275 Å². The van der Waals surface area contributed by atoms with Crippen LogP contribution in [0.25, 0.3) is 0 Å². The first-order valence-corrected chi connectivity index (χ1v) is 16.8. The number of methoxy groups -OCH3 is 1. The van der Waals surface area contributed by atoms with Gasteiger partial charge in [-0.15, -0.1) is 0 Å². The fourth-order valence-corrected chi connectivity index (χ4v) is 6.17. The van der Waals surface area contributed by atoms with Gasteiger partial charge in [-0.2, -0.15) is 0 Å². The second-order valence-electron chi connectivity index (χ2n) is 12.0. The summed E-state index contributed by atoms with van der Waals surface area (Å²) in [5.74, 6) is 3.01. The molecule has 2 unspecified atom stereocenters. The van der Waals surface area contributed by atoms with Crippen LogP contribution in [-0.2, 0) is 20.8 Å². The quantitative estimate of drug-likeness (QED) is 0.183. The van der Waals surface area contributed by atoms with E-state index in [4.69, 9.17) is 23.7 Å². The van der Waals surface area contributed by atoms with Gasteiger partial charge in [0.1, 0.15) is 23.5 Å². The van der Waals surface area contributed by atoms with E-state index in [0.717, 1.165) is 87.5 Å². The molecule has 2 aliphatic heterocycles. The lowest BCUT2D eigenvalue weighted by molar-refractivity contribution is 0.0360. The van der Waals surface area contributed by atoms with Crippen LogP contribution >= 0.6 is 0 Å². The van der Waals surface area contributed by atoms with Gasteiger partial charge in [-0.05, 0) is 81.6 Å². The van der Waals surface area contributed by atoms with Crippen molar-refractivity contribution in [1.82, 2.24) is 15.5 Å². The number of nitrogens with one attached hydrogen (secondary N) is 2. The summed E-state index contributed by atoms with van der Waals surface area (Å²) in [5.41, 5.74) is 4.81. The number of ether oxygens (including phenoxy) is 5. The third-order valence-electron chi connectivity index (χ3n) is 8.73. The van der Waals surface area contributed by atoms with Crippen LogP contribution in [0.1, 0.15) is 55.6 Å². The number of para-hydroxylation sites is 1. The van der Waals surface area contributed by atoms with Gasteiger partial charge < -0.3 is 39.2 Å². The molecule has 2 atom stereocenters. The van der Waals surface area contributed by atoms with Crippen LogP contribution in [0.4, 0.5) is 0 Å². The van der Waals surface area contributed by atoms with Crippen LogP contribution in [0, 0.1) is 0 Å². The van der Waals surface area contributed by atoms with Crippen LogP contribution in [0.2, 0.25) is 0 Å². The van der Waals surface area contributed by atoms with Gasteiger partial charge in [0.15, 0.2) is 0 Å². The zero-order valence-corrected chi connectivity index (χ0v) is 27.5. The largest absolute Gasteiger partial charge is 0.496 e. The summed E-state index contributed by atoms with van der Waals surface area (Å²) in [5, 5.41) is 6.77. The maximum Gasteiger partial charge on any atom is 0.146 e. The molecule has 0 amide bonds. The third-order valence-corrected chi connectivity index (χ3v) is 8.73. The highest BCUT2D eigenvalue weighted by Crippen LogP contribution is 2.32. The molecule has 2 heterocycles. The predicted octanol–water partition coefficient (Wildman–Crippen LogP) is 6.43. The minimum absolute atomic E-state index is 0.0924. The van der Waals surface area contributed by atoms with Gasteiger partial charge in [-0.25, -0.2) is 0 Å². The predicted molar refractivity (Wildman–Crippen MR) is 183 cm³/mol. The van der Waals surface area contributed by atoms with Gasteiger partial charge in [-0.1, -0.05) is 42.5 Å². The van der Waals surface area contributed by atoms with E-state index in [2.05, 4.69) is 58.2 Å². The molecule has 0 saturated carbocycles. The Bertz CT molecular complexity index is 1340. The van der Waals surface area contributed by atoms with Crippen LogP contribution in [0.5, 0.6) is 11.5 Å². The molecule has 8 heteroatoms. The van der Waals surface area contributed by atoms with E-state index in [1.54, 1.807) is 7.11 Å². The lowest BCUT2D eigenvalue weighted by atomic mass is 9.87. The Morgan fingerprint density at radius 1 is 1.02 bits per heavy atom. The number of hydrogen-bond acceptors (Lipinski definition) is 8. The molecule has 0 radical (unpaired) electrons. The Kier molecular flexibility index (Phi) is 13.6. The highest BCUT2D eigenvalue weighted by atomic mass is 16.5. The molecule has 5 rings (SSSR count). The number of benzene rings is 2. The van der Waals surface area contributed by atoms with Crippen LogP contribution in [0.15, 0.2) is 96.3 Å². The fraction of sp³-hybridized carbons (Fsp3) is 0.474. The van der Waals surface area contributed by atoms with E-state index in [-0.39, 0.29) is 6.10 Å². The van der Waals surface area contributed by atoms with Crippen molar-refractivity contribution in [2.75, 3.05) is 60.2 Å². The number of piperidine rings is 1. The normalized spacial score (nSPS) is 19.6. The summed E-state index contributed by atoms with van der Waals surface area (Å²) in [6.07, 6.45) is 16.7. The minimum Gasteiger partial charge on any atom is -0.496 e. The number of allylic oxidation sites excluding steroid dienone is 2. The lowest BCUT2D eigenvalue weighted by Gasteiger charge is -2.33. The molecule has 248 valence electrons. The van der Waals surface area contributed by atoms with Crippen LogP contribution in [0.3, 0.4) is 0 Å². The molecule has 2 aromatic carbocycles. The van der Waals surface area contributed by atoms with E-state index >= 15 is 0 Å². The Morgan fingerprint density at radius 3 is 2.78 bits per heavy atom. The molecule has 3 aliphatic rings. The lowest BCUT2D eigenvalue weighted by Crippen LogP contribution is -2.41. The Balaban J connectivity index is 1.10. The van der Waals surface area contributed by atoms with Crippen LogP contribution < -0.4 is 20.1 Å². The molecular weight excluding hydrogens is 578 g/mol. The molecule has 2 aromatic rings. The van der Waals surface area contributed by atoms with Gasteiger partial charge in [-0.3, -0.25) is 0 Å². The standard InChI is InChI=1S/C38H51N3O5/c1-39-19-7-8-21-41-22-25-45-38(27-41)34-12-5-3-10-31(34)29-46-37-26-40-20-18-35(37)30-14-16-33(17-15-30)44-24-9-23-43-28-32-11-4-6-13-36(32)42-2/h3-4,6,10-11,13-17,22,25,27,35,37,39-40H,5,7-9,12,18-21,23-24,26,28-29H2,1-2H3. The molecule has 0 spiro atoms. The van der Waals surface area contributed by atoms with Gasteiger partial charge in [0.05, 0.1) is 39.6 Å². The highest BCUT2D eigenvalue weighted by molar-refractivity contribution is 5.41. The van der Waals surface area contributed by atoms with E-state index in [9.17, 15) is 0 Å². The van der Waals surface area contributed by atoms with Gasteiger partial charge in [0.2, 0.25) is 0 Å². The number of unbranched alkanes of at least 4 members (excludes halogenated alkanes) is 1. The first-order chi connectivity index (χ1) is 22.7. The Morgan fingerprint density at radius 2 is 1.91 bits per heavy atom. The van der Waals surface area contributed by atoms with Crippen LogP contribution in [-0.4, -0.2) is 71.2 Å². The summed E-state index contributed by atoms with van der Waals surface area (Å²) in [7, 11) is 3.69.